The number of piperidine rings is 1. The molecule has 2 saturated heterocycles. The molecule has 33 heavy (non-hydrogen) atoms. The van der Waals surface area contributed by atoms with E-state index in [1.807, 2.05) is 17.0 Å². The van der Waals surface area contributed by atoms with E-state index in [-0.39, 0.29) is 41.4 Å². The van der Waals surface area contributed by atoms with Gasteiger partial charge in [-0.2, -0.15) is 0 Å². The summed E-state index contributed by atoms with van der Waals surface area (Å²) in [7, 11) is 0. The number of likely N-dealkylation sites (tertiary alicyclic amines) is 1. The molecule has 3 amide bonds. The van der Waals surface area contributed by atoms with E-state index in [0.717, 1.165) is 44.2 Å². The predicted molar refractivity (Wildman–Crippen MR) is 122 cm³/mol. The van der Waals surface area contributed by atoms with Crippen LogP contribution in [0.15, 0.2) is 18.2 Å². The highest BCUT2D eigenvalue weighted by molar-refractivity contribution is 5.98. The second kappa shape index (κ2) is 10.7. The lowest BCUT2D eigenvalue weighted by molar-refractivity contribution is -0.137. The summed E-state index contributed by atoms with van der Waals surface area (Å²) in [6.07, 6.45) is 7.69. The smallest absolute Gasteiger partial charge is 0.229 e. The lowest BCUT2D eigenvalue weighted by Gasteiger charge is -2.32. The van der Waals surface area contributed by atoms with Gasteiger partial charge in [-0.05, 0) is 75.0 Å². The maximum absolute atomic E-state index is 14.3. The zero-order valence-corrected chi connectivity index (χ0v) is 19.5. The van der Waals surface area contributed by atoms with Crippen LogP contribution in [0.4, 0.5) is 4.39 Å². The molecule has 2 aliphatic heterocycles. The van der Waals surface area contributed by atoms with Crippen LogP contribution < -0.4 is 10.1 Å². The van der Waals surface area contributed by atoms with Crippen molar-refractivity contribution in [2.24, 2.45) is 11.8 Å². The molecule has 3 aliphatic rings. The van der Waals surface area contributed by atoms with E-state index >= 15 is 0 Å². The molecule has 0 bridgehead atoms. The van der Waals surface area contributed by atoms with E-state index in [1.54, 1.807) is 0 Å². The van der Waals surface area contributed by atoms with Crippen molar-refractivity contribution in [1.82, 2.24) is 10.2 Å². The van der Waals surface area contributed by atoms with Gasteiger partial charge in [-0.15, -0.1) is 0 Å². The molecule has 1 saturated carbocycles. The molecule has 0 spiro atoms. The second-order valence-corrected chi connectivity index (χ2v) is 9.80. The van der Waals surface area contributed by atoms with E-state index in [4.69, 9.17) is 4.74 Å². The summed E-state index contributed by atoms with van der Waals surface area (Å²) >= 11 is 0. The van der Waals surface area contributed by atoms with Crippen molar-refractivity contribution >= 4 is 17.7 Å². The monoisotopic (exact) mass is 458 g/mol. The quantitative estimate of drug-likeness (QED) is 0.530. The molecule has 7 heteroatoms. The minimum Gasteiger partial charge on any atom is -0.490 e. The third-order valence-corrected chi connectivity index (χ3v) is 7.38. The molecule has 3 unspecified atom stereocenters. The summed E-state index contributed by atoms with van der Waals surface area (Å²) in [5.41, 5.74) is 1.03. The van der Waals surface area contributed by atoms with Crippen LogP contribution in [-0.2, 0) is 14.4 Å². The molecule has 1 aliphatic carbocycles. The van der Waals surface area contributed by atoms with Gasteiger partial charge in [0.1, 0.15) is 0 Å². The molecule has 4 rings (SSSR count). The number of ether oxygens (including phenoxy) is 1. The van der Waals surface area contributed by atoms with Crippen molar-refractivity contribution in [3.05, 3.63) is 29.6 Å². The Kier molecular flexibility index (Phi) is 7.66. The number of nitrogens with one attached hydrogen (secondary N) is 1. The molecule has 0 aromatic heterocycles. The summed E-state index contributed by atoms with van der Waals surface area (Å²) < 4.78 is 20.0. The van der Waals surface area contributed by atoms with Crippen molar-refractivity contribution in [2.75, 3.05) is 13.2 Å². The molecule has 3 atom stereocenters. The predicted octanol–water partition coefficient (Wildman–Crippen LogP) is 4.32. The number of carbonyl (C=O) groups is 3. The number of nitrogens with zero attached hydrogens (tertiary/aromatic N) is 1. The summed E-state index contributed by atoms with van der Waals surface area (Å²) in [5.74, 6) is 0.199. The Morgan fingerprint density at radius 1 is 1.24 bits per heavy atom. The lowest BCUT2D eigenvalue weighted by Crippen LogP contribution is -2.41. The van der Waals surface area contributed by atoms with Crippen LogP contribution >= 0.6 is 0 Å². The third-order valence-electron chi connectivity index (χ3n) is 7.38. The summed E-state index contributed by atoms with van der Waals surface area (Å²) in [5, 5.41) is 2.39. The maximum Gasteiger partial charge on any atom is 0.229 e. The summed E-state index contributed by atoms with van der Waals surface area (Å²) in [6, 6.07) is 5.24. The Morgan fingerprint density at radius 2 is 2.06 bits per heavy atom. The molecule has 1 aromatic carbocycles. The third kappa shape index (κ3) is 5.92. The molecule has 1 N–H and O–H groups in total. The van der Waals surface area contributed by atoms with Gasteiger partial charge in [-0.25, -0.2) is 4.39 Å². The molecular weight excluding hydrogens is 423 g/mol. The van der Waals surface area contributed by atoms with Crippen molar-refractivity contribution in [3.63, 3.8) is 0 Å². The summed E-state index contributed by atoms with van der Waals surface area (Å²) in [4.78, 5) is 38.3. The number of hydrogen-bond donors (Lipinski definition) is 1. The fourth-order valence-corrected chi connectivity index (χ4v) is 5.26. The zero-order valence-electron chi connectivity index (χ0n) is 19.5. The Hall–Kier alpha value is -2.44. The minimum absolute atomic E-state index is 0.0971. The first kappa shape index (κ1) is 23.7. The highest BCUT2D eigenvalue weighted by Crippen LogP contribution is 2.37. The van der Waals surface area contributed by atoms with Crippen LogP contribution in [-0.4, -0.2) is 41.8 Å². The van der Waals surface area contributed by atoms with Gasteiger partial charge in [-0.1, -0.05) is 13.0 Å². The minimum atomic E-state index is -0.331. The number of rotatable bonds is 10. The second-order valence-electron chi connectivity index (χ2n) is 9.80. The van der Waals surface area contributed by atoms with E-state index in [9.17, 15) is 18.8 Å². The van der Waals surface area contributed by atoms with E-state index in [1.165, 1.54) is 6.07 Å². The largest absolute Gasteiger partial charge is 0.490 e. The molecule has 3 fully saturated rings. The van der Waals surface area contributed by atoms with Crippen LogP contribution in [0.1, 0.15) is 82.6 Å². The van der Waals surface area contributed by atoms with Gasteiger partial charge in [0.2, 0.25) is 17.7 Å². The van der Waals surface area contributed by atoms with Gasteiger partial charge in [-0.3, -0.25) is 19.7 Å². The number of hydrogen-bond acceptors (Lipinski definition) is 4. The highest BCUT2D eigenvalue weighted by atomic mass is 19.1. The molecule has 1 aromatic rings. The van der Waals surface area contributed by atoms with Gasteiger partial charge >= 0.3 is 0 Å². The van der Waals surface area contributed by atoms with Crippen LogP contribution in [0.3, 0.4) is 0 Å². The average Bonchev–Trinajstić information content (AvgIpc) is 3.50. The van der Waals surface area contributed by atoms with Crippen molar-refractivity contribution in [2.45, 2.75) is 83.1 Å². The number of imide groups is 1. The first-order valence-corrected chi connectivity index (χ1v) is 12.5. The van der Waals surface area contributed by atoms with Crippen LogP contribution in [0.25, 0.3) is 0 Å². The number of benzene rings is 1. The first-order chi connectivity index (χ1) is 16.0. The lowest BCUT2D eigenvalue weighted by atomic mass is 9.87. The fourth-order valence-electron chi connectivity index (χ4n) is 5.26. The Labute approximate surface area is 195 Å². The Bertz CT molecular complexity index is 885. The fraction of sp³-hybridized carbons (Fsp3) is 0.654. The van der Waals surface area contributed by atoms with Crippen molar-refractivity contribution < 1.29 is 23.5 Å². The zero-order chi connectivity index (χ0) is 23.4. The van der Waals surface area contributed by atoms with E-state index < -0.39 is 0 Å². The molecule has 6 nitrogen and oxygen atoms in total. The van der Waals surface area contributed by atoms with Crippen molar-refractivity contribution in [3.8, 4) is 5.75 Å². The standard InChI is InChI=1S/C26H35FN2O4/c1-2-20(19-10-12-21(27)23(15-19)33-16-17-8-9-17)22-6-4-14-29(22)25(31)7-3-5-18-11-13-24(30)28-26(18)32/h10,12,15,17-18,20,22H,2-9,11,13-14,16H2,1H3,(H,28,30,32). The average molecular weight is 459 g/mol. The Morgan fingerprint density at radius 3 is 2.79 bits per heavy atom. The van der Waals surface area contributed by atoms with Gasteiger partial charge < -0.3 is 9.64 Å². The normalized spacial score (nSPS) is 24.0. The topological polar surface area (TPSA) is 75.7 Å². The molecule has 180 valence electrons. The van der Waals surface area contributed by atoms with Gasteiger partial charge in [0, 0.05) is 37.3 Å². The Balaban J connectivity index is 1.35. The van der Waals surface area contributed by atoms with Crippen LogP contribution in [0.5, 0.6) is 5.75 Å². The molecular formula is C26H35FN2O4. The van der Waals surface area contributed by atoms with Gasteiger partial charge in [0.05, 0.1) is 6.61 Å². The molecule has 0 radical (unpaired) electrons. The van der Waals surface area contributed by atoms with E-state index in [2.05, 4.69) is 12.2 Å². The van der Waals surface area contributed by atoms with Crippen LogP contribution in [0.2, 0.25) is 0 Å². The number of carbonyl (C=O) groups excluding carboxylic acids is 3. The van der Waals surface area contributed by atoms with Gasteiger partial charge in [0.25, 0.3) is 0 Å². The van der Waals surface area contributed by atoms with Crippen LogP contribution in [0, 0.1) is 17.7 Å². The number of amides is 3. The SMILES string of the molecule is CCC(c1ccc(F)c(OCC2CC2)c1)C1CCCN1C(=O)CCCC1CCC(=O)NC1=O. The van der Waals surface area contributed by atoms with Crippen molar-refractivity contribution in [1.29, 1.82) is 0 Å². The van der Waals surface area contributed by atoms with Gasteiger partial charge in [0.15, 0.2) is 11.6 Å². The van der Waals surface area contributed by atoms with E-state index in [0.29, 0.717) is 50.4 Å². The molecule has 2 heterocycles. The highest BCUT2D eigenvalue weighted by Gasteiger charge is 2.35. The summed E-state index contributed by atoms with van der Waals surface area (Å²) in [6.45, 7) is 3.42. The maximum atomic E-state index is 14.3. The first-order valence-electron chi connectivity index (χ1n) is 12.5. The number of halogens is 1.